The van der Waals surface area contributed by atoms with E-state index in [1.54, 1.807) is 30.3 Å². The number of nitrogens with zero attached hydrogens (tertiary/aromatic N) is 7. The van der Waals surface area contributed by atoms with E-state index in [2.05, 4.69) is 20.4 Å². The second-order valence-corrected chi connectivity index (χ2v) is 6.25. The van der Waals surface area contributed by atoms with Crippen LogP contribution in [0.4, 0.5) is 0 Å². The van der Waals surface area contributed by atoms with Crippen molar-refractivity contribution in [2.75, 3.05) is 13.2 Å². The van der Waals surface area contributed by atoms with E-state index in [1.807, 2.05) is 30.0 Å². The first-order valence-electron chi connectivity index (χ1n) is 9.26. The molecule has 0 saturated heterocycles. The Bertz CT molecular complexity index is 1060. The Morgan fingerprint density at radius 1 is 1.17 bits per heavy atom. The Morgan fingerprint density at radius 3 is 2.66 bits per heavy atom. The van der Waals surface area contributed by atoms with Crippen molar-refractivity contribution in [2.24, 2.45) is 20.4 Å². The minimum Gasteiger partial charge on any atom is -0.395 e. The molecular formula is C19H24N7O3+. The third-order valence-corrected chi connectivity index (χ3v) is 4.22. The molecule has 10 nitrogen and oxygen atoms in total. The molecule has 3 N–H and O–H groups in total. The molecule has 2 aromatic heterocycles. The molecule has 0 aliphatic carbocycles. The lowest BCUT2D eigenvalue weighted by Crippen LogP contribution is -2.40. The Labute approximate surface area is 167 Å². The summed E-state index contributed by atoms with van der Waals surface area (Å²) in [6.07, 6.45) is 4.56. The minimum absolute atomic E-state index is 0.00416. The van der Waals surface area contributed by atoms with Crippen molar-refractivity contribution in [1.29, 1.82) is 0 Å². The maximum atomic E-state index is 10.4. The van der Waals surface area contributed by atoms with Crippen LogP contribution in [0.1, 0.15) is 19.6 Å². The number of azo groups is 1. The summed E-state index contributed by atoms with van der Waals surface area (Å²) in [4.78, 5) is 0. The molecule has 1 aromatic carbocycles. The lowest BCUT2D eigenvalue weighted by molar-refractivity contribution is -0.735. The summed E-state index contributed by atoms with van der Waals surface area (Å²) in [7, 11) is 0. The number of para-hydroxylation sites is 2. The number of benzene rings is 1. The van der Waals surface area contributed by atoms with E-state index in [9.17, 15) is 10.3 Å². The van der Waals surface area contributed by atoms with Crippen molar-refractivity contribution in [1.82, 2.24) is 9.30 Å². The van der Waals surface area contributed by atoms with Crippen LogP contribution in [-0.2, 0) is 6.54 Å². The molecule has 29 heavy (non-hydrogen) atoms. The van der Waals surface area contributed by atoms with Crippen LogP contribution in [0.25, 0.3) is 11.0 Å². The summed E-state index contributed by atoms with van der Waals surface area (Å²) in [5.74, 6) is 0.430. The van der Waals surface area contributed by atoms with Gasteiger partial charge in [-0.3, -0.25) is 0 Å². The molecule has 0 aliphatic rings. The highest BCUT2D eigenvalue weighted by molar-refractivity contribution is 5.81. The van der Waals surface area contributed by atoms with E-state index >= 15 is 0 Å². The van der Waals surface area contributed by atoms with Crippen LogP contribution in [-0.4, -0.2) is 43.7 Å². The number of rotatable bonds is 7. The summed E-state index contributed by atoms with van der Waals surface area (Å²) in [6, 6.07) is 10.7. The summed E-state index contributed by atoms with van der Waals surface area (Å²) < 4.78 is 4.32. The number of hydrogen-bond acceptors (Lipinski definition) is 6. The molecule has 152 valence electrons. The Balaban J connectivity index is 1.68. The second kappa shape index (κ2) is 9.71. The zero-order valence-electron chi connectivity index (χ0n) is 16.1. The molecule has 0 amide bonds. The fourth-order valence-corrected chi connectivity index (χ4v) is 2.70. The number of pyridine rings is 1. The lowest BCUT2D eigenvalue weighted by Gasteiger charge is -2.03. The Morgan fingerprint density at radius 2 is 1.93 bits per heavy atom. The predicted molar refractivity (Wildman–Crippen MR) is 105 cm³/mol. The quantitative estimate of drug-likeness (QED) is 0.138. The predicted octanol–water partition coefficient (Wildman–Crippen LogP) is 1.23. The molecule has 0 aliphatic heterocycles. The van der Waals surface area contributed by atoms with E-state index < -0.39 is 6.23 Å². The number of aliphatic hydroxyl groups is 2. The first-order valence-corrected chi connectivity index (χ1v) is 9.26. The van der Waals surface area contributed by atoms with E-state index in [0.29, 0.717) is 35.2 Å². The average molecular weight is 398 g/mol. The summed E-state index contributed by atoms with van der Waals surface area (Å²) in [6.45, 7) is 2.48. The monoisotopic (exact) mass is 398 g/mol. The lowest BCUT2D eigenvalue weighted by atomic mass is 10.3. The summed E-state index contributed by atoms with van der Waals surface area (Å²) >= 11 is 0. The second-order valence-electron chi connectivity index (χ2n) is 6.25. The highest BCUT2D eigenvalue weighted by Crippen LogP contribution is 2.10. The van der Waals surface area contributed by atoms with Gasteiger partial charge in [0.05, 0.1) is 12.0 Å². The first-order chi connectivity index (χ1) is 14.1. The van der Waals surface area contributed by atoms with E-state index in [1.165, 1.54) is 10.9 Å². The summed E-state index contributed by atoms with van der Waals surface area (Å²) in [5, 5.41) is 46.2. The van der Waals surface area contributed by atoms with Crippen molar-refractivity contribution in [3.05, 3.63) is 60.5 Å². The van der Waals surface area contributed by atoms with Gasteiger partial charge in [0.2, 0.25) is 11.7 Å². The fraction of sp³-hybridized carbons (Fsp3) is 0.316. The van der Waals surface area contributed by atoms with Crippen molar-refractivity contribution in [2.45, 2.75) is 26.1 Å². The van der Waals surface area contributed by atoms with Crippen LogP contribution >= 0.6 is 0 Å². The van der Waals surface area contributed by atoms with Gasteiger partial charge >= 0.3 is 0 Å². The highest BCUT2D eigenvalue weighted by atomic mass is 16.5. The van der Waals surface area contributed by atoms with Crippen LogP contribution in [0, 0.1) is 0 Å². The van der Waals surface area contributed by atoms with Gasteiger partial charge in [-0.15, -0.1) is 15.3 Å². The van der Waals surface area contributed by atoms with Gasteiger partial charge in [0, 0.05) is 25.4 Å². The Hall–Kier alpha value is -3.37. The number of aliphatic hydroxyl groups excluding tert-OH is 2. The van der Waals surface area contributed by atoms with Gasteiger partial charge in [0.1, 0.15) is 6.54 Å². The topological polar surface area (TPSA) is 124 Å². The number of aromatic nitrogens is 3. The van der Waals surface area contributed by atoms with Crippen LogP contribution in [0.5, 0.6) is 0 Å². The standard InChI is InChI=1S/C19H24N7O3/c1-2-18(23-21-15-7-9-24(10-8-15)11-12-27)22-20-13-19(28)25-14-26(29)17-6-4-3-5-16(17)25/h3-10,14,19,27-29H,2,11-13H2,1H3/q+1. The minimum atomic E-state index is -0.983. The van der Waals surface area contributed by atoms with Crippen LogP contribution in [0.2, 0.25) is 0 Å². The van der Waals surface area contributed by atoms with Gasteiger partial charge in [-0.1, -0.05) is 19.1 Å². The van der Waals surface area contributed by atoms with E-state index in [0.717, 1.165) is 4.73 Å². The number of hydrogen-bond donors (Lipinski definition) is 3. The van der Waals surface area contributed by atoms with Gasteiger partial charge in [0.25, 0.3) is 6.33 Å². The molecule has 3 rings (SSSR count). The third kappa shape index (κ3) is 5.12. The van der Waals surface area contributed by atoms with E-state index in [4.69, 9.17) is 5.11 Å². The molecule has 0 saturated carbocycles. The smallest absolute Gasteiger partial charge is 0.287 e. The van der Waals surface area contributed by atoms with Gasteiger partial charge in [-0.2, -0.15) is 9.68 Å². The molecule has 0 bridgehead atoms. The fourth-order valence-electron chi connectivity index (χ4n) is 2.70. The Kier molecular flexibility index (Phi) is 6.82. The highest BCUT2D eigenvalue weighted by Gasteiger charge is 2.20. The SMILES string of the molecule is CCC(N=NCC(O)[n+]1cn(O)c2ccccc21)=NN=c1ccn(CCO)cc1. The first kappa shape index (κ1) is 20.4. The van der Waals surface area contributed by atoms with Crippen molar-refractivity contribution < 1.29 is 20.0 Å². The molecular weight excluding hydrogens is 374 g/mol. The van der Waals surface area contributed by atoms with Crippen molar-refractivity contribution in [3.8, 4) is 0 Å². The molecule has 10 heteroatoms. The largest absolute Gasteiger partial charge is 0.395 e. The maximum absolute atomic E-state index is 10.4. The molecule has 3 aromatic rings. The van der Waals surface area contributed by atoms with Gasteiger partial charge in [-0.05, 0) is 29.0 Å². The molecule has 1 atom stereocenters. The molecule has 0 spiro atoms. The van der Waals surface area contributed by atoms with E-state index in [-0.39, 0.29) is 13.2 Å². The van der Waals surface area contributed by atoms with Crippen molar-refractivity contribution >= 4 is 16.9 Å². The van der Waals surface area contributed by atoms with Gasteiger partial charge in [0.15, 0.2) is 11.4 Å². The van der Waals surface area contributed by atoms with Crippen LogP contribution in [0.15, 0.2) is 75.6 Å². The van der Waals surface area contributed by atoms with Gasteiger partial charge in [-0.25, -0.2) is 0 Å². The number of imidazole rings is 1. The zero-order chi connectivity index (χ0) is 20.6. The zero-order valence-corrected chi connectivity index (χ0v) is 16.1. The molecule has 0 radical (unpaired) electrons. The molecule has 2 heterocycles. The maximum Gasteiger partial charge on any atom is 0.287 e. The third-order valence-electron chi connectivity index (χ3n) is 4.22. The molecule has 0 fully saturated rings. The number of fused-ring (bicyclic) bond motifs is 1. The van der Waals surface area contributed by atoms with Crippen LogP contribution < -0.4 is 9.92 Å². The van der Waals surface area contributed by atoms with Crippen molar-refractivity contribution in [3.63, 3.8) is 0 Å². The molecule has 1 unspecified atom stereocenters. The number of amidine groups is 1. The van der Waals surface area contributed by atoms with Crippen LogP contribution in [0.3, 0.4) is 0 Å². The summed E-state index contributed by atoms with van der Waals surface area (Å²) in [5.41, 5.74) is 1.26. The average Bonchev–Trinajstić information content (AvgIpc) is 3.09. The normalized spacial score (nSPS) is 13.3. The van der Waals surface area contributed by atoms with Gasteiger partial charge < -0.3 is 20.0 Å².